The Labute approximate surface area is 257 Å². The quantitative estimate of drug-likeness (QED) is 0.0833. The van der Waals surface area contributed by atoms with E-state index in [1.807, 2.05) is 0 Å². The van der Waals surface area contributed by atoms with E-state index in [4.69, 9.17) is 34.7 Å². The molecule has 0 radical (unpaired) electrons. The molecule has 0 spiro atoms. The van der Waals surface area contributed by atoms with Gasteiger partial charge in [0.15, 0.2) is 34.9 Å². The van der Waals surface area contributed by atoms with Gasteiger partial charge in [-0.05, 0) is 4.57 Å². The highest BCUT2D eigenvalue weighted by atomic mass is 31.2. The average Bonchev–Trinajstić information content (AvgIpc) is 3.52. The third-order valence-corrected chi connectivity index (χ3v) is 9.42. The van der Waals surface area contributed by atoms with Gasteiger partial charge in [-0.15, -0.1) is 0 Å². The number of aromatic nitrogens is 8. The van der Waals surface area contributed by atoms with Crippen molar-refractivity contribution in [2.75, 3.05) is 31.0 Å². The fourth-order valence-electron chi connectivity index (χ4n) is 6.01. The zero-order chi connectivity index (χ0) is 32.5. The Balaban J connectivity index is 1.09. The number of imidazole rings is 2. The van der Waals surface area contributed by atoms with Crippen LogP contribution in [0.2, 0.25) is 0 Å². The normalized spacial score (nSPS) is 33.8. The number of anilines is 2. The molecule has 2 saturated heterocycles. The Morgan fingerprint density at radius 3 is 2.26 bits per heavy atom. The van der Waals surface area contributed by atoms with E-state index in [2.05, 4.69) is 29.9 Å². The van der Waals surface area contributed by atoms with Gasteiger partial charge in [0.2, 0.25) is 0 Å². The summed E-state index contributed by atoms with van der Waals surface area (Å²) >= 11 is 0. The number of phosphoric acid groups is 1. The predicted octanol–water partition coefficient (Wildman–Crippen LogP) is -2.08. The van der Waals surface area contributed by atoms with Crippen molar-refractivity contribution >= 4 is 49.8 Å². The van der Waals surface area contributed by atoms with E-state index in [-0.39, 0.29) is 28.3 Å². The van der Waals surface area contributed by atoms with Gasteiger partial charge in [-0.1, -0.05) is 0 Å². The molecule has 4 aromatic rings. The molecule has 22 nitrogen and oxygen atoms in total. The number of aliphatic hydroxyl groups excluding tert-OH is 2. The Kier molecular flexibility index (Phi) is 7.74. The van der Waals surface area contributed by atoms with Gasteiger partial charge in [0.25, 0.3) is 6.35 Å². The minimum atomic E-state index is -5.05. The number of nitrogen functional groups attached to an aromatic ring is 2. The molecule has 7 rings (SSSR count). The van der Waals surface area contributed by atoms with Crippen LogP contribution in [0.25, 0.3) is 22.3 Å². The molecule has 3 fully saturated rings. The molecule has 7 unspecified atom stereocenters. The maximum atomic E-state index is 13.2. The fraction of sp³-hybridized carbons (Fsp3) is 0.545. The zero-order valence-corrected chi connectivity index (χ0v) is 25.1. The second-order valence-electron chi connectivity index (χ2n) is 10.7. The smallest absolute Gasteiger partial charge is 0.394 e. The first kappa shape index (κ1) is 31.2. The molecule has 0 amide bonds. The van der Waals surface area contributed by atoms with Gasteiger partial charge in [0, 0.05) is 0 Å². The highest BCUT2D eigenvalue weighted by molar-refractivity contribution is 7.47. The number of hydrogen-bond acceptors (Lipinski definition) is 18. The number of phosphoric ester groups is 1. The van der Waals surface area contributed by atoms with E-state index in [9.17, 15) is 34.2 Å². The molecule has 24 heteroatoms. The van der Waals surface area contributed by atoms with Crippen LogP contribution in [0.3, 0.4) is 0 Å². The maximum absolute atomic E-state index is 13.2. The van der Waals surface area contributed by atoms with Crippen LogP contribution in [-0.2, 0) is 32.4 Å². The maximum Gasteiger partial charge on any atom is 0.534 e. The van der Waals surface area contributed by atoms with Crippen molar-refractivity contribution in [1.82, 2.24) is 39.0 Å². The van der Waals surface area contributed by atoms with Crippen molar-refractivity contribution < 1.29 is 57.5 Å². The van der Waals surface area contributed by atoms with Crippen LogP contribution in [0.5, 0.6) is 0 Å². The Morgan fingerprint density at radius 2 is 1.63 bits per heavy atom. The van der Waals surface area contributed by atoms with Gasteiger partial charge >= 0.3 is 15.9 Å². The highest BCUT2D eigenvalue weighted by Crippen LogP contribution is 2.64. The second-order valence-corrected chi connectivity index (χ2v) is 13.1. The van der Waals surface area contributed by atoms with E-state index in [1.165, 1.54) is 28.1 Å². The molecule has 0 aromatic carbocycles. The van der Waals surface area contributed by atoms with Crippen LogP contribution in [0.4, 0.5) is 11.6 Å². The summed E-state index contributed by atoms with van der Waals surface area (Å²) in [5, 5.41) is 31.9. The first-order valence-electron chi connectivity index (χ1n) is 13.5. The molecule has 1 saturated carbocycles. The van der Waals surface area contributed by atoms with Crippen LogP contribution in [-0.4, -0.2) is 120 Å². The monoisotopic (exact) mass is 685 g/mol. The first-order chi connectivity index (χ1) is 21.9. The van der Waals surface area contributed by atoms with Gasteiger partial charge in [-0.3, -0.25) is 13.6 Å². The predicted molar refractivity (Wildman–Crippen MR) is 149 cm³/mol. The van der Waals surface area contributed by atoms with Gasteiger partial charge in [-0.2, -0.15) is 4.89 Å². The number of fused-ring (bicyclic) bond motifs is 3. The number of ether oxygens (including phenoxy) is 3. The lowest BCUT2D eigenvalue weighted by Gasteiger charge is -2.26. The van der Waals surface area contributed by atoms with Crippen molar-refractivity contribution in [3.05, 3.63) is 25.3 Å². The molecule has 246 valence electrons. The number of nitrogens with zero attached hydrogens (tertiary/aromatic N) is 8. The van der Waals surface area contributed by atoms with Gasteiger partial charge < -0.3 is 50.5 Å². The third-order valence-electron chi connectivity index (χ3n) is 8.07. The molecule has 1 aliphatic carbocycles. The van der Waals surface area contributed by atoms with Crippen molar-refractivity contribution in [3.63, 3.8) is 0 Å². The SMILES string of the molecule is Nc1ncnc2c1ncn2[C@@H]1O[C@H](CO)C(O)C1OP(=O)(O)OC[C@H]1OC2(O)C(C1OC[P+](=O)O)[C@@H]2n1cnc2c(N)ncnc21. The van der Waals surface area contributed by atoms with E-state index >= 15 is 0 Å². The Morgan fingerprint density at radius 1 is 1.00 bits per heavy atom. The summed E-state index contributed by atoms with van der Waals surface area (Å²) in [6.07, 6.45) is -3.67. The highest BCUT2D eigenvalue weighted by Gasteiger charge is 2.77. The average molecular weight is 685 g/mol. The minimum Gasteiger partial charge on any atom is -0.394 e. The fourth-order valence-corrected chi connectivity index (χ4v) is 7.25. The Bertz CT molecular complexity index is 1860. The van der Waals surface area contributed by atoms with Gasteiger partial charge in [0.1, 0.15) is 60.2 Å². The molecule has 46 heavy (non-hydrogen) atoms. The van der Waals surface area contributed by atoms with Crippen molar-refractivity contribution in [1.29, 1.82) is 0 Å². The van der Waals surface area contributed by atoms with Crippen LogP contribution in [0.1, 0.15) is 12.3 Å². The molecule has 11 atom stereocenters. The van der Waals surface area contributed by atoms with Crippen molar-refractivity contribution in [2.45, 2.75) is 48.6 Å². The number of nitrogens with two attached hydrogens (primary N) is 2. The summed E-state index contributed by atoms with van der Waals surface area (Å²) in [5.41, 5.74) is 12.6. The lowest BCUT2D eigenvalue weighted by molar-refractivity contribution is -0.165. The molecule has 9 N–H and O–H groups in total. The molecular formula is C22H27N10O12P2+. The summed E-state index contributed by atoms with van der Waals surface area (Å²) in [6.45, 7) is -1.35. The van der Waals surface area contributed by atoms with E-state index < -0.39 is 89.9 Å². The standard InChI is InChI=1S/C22H26N10O12P2/c23-17-11-19(27-3-25-17)31(5-29-11)16-10-14(40-7-45(36)37)9(43-22(10,16)35)2-41-46(38,39)44-15-13(34)8(1-33)42-21(15)32-6-30-12-18(24)26-4-28-20(12)32/h3-6,8-10,13-16,21,33-35H,1-2,7H2,(H5-,23,24,25,26,27,28,36,37,38,39)/p+1/t8-,9-,10?,13?,14?,15?,16+,21-,22?/m1/s1. The summed E-state index contributed by atoms with van der Waals surface area (Å²) in [7, 11) is -7.81. The van der Waals surface area contributed by atoms with Crippen LogP contribution >= 0.6 is 15.9 Å². The molecule has 4 aromatic heterocycles. The summed E-state index contributed by atoms with van der Waals surface area (Å²) in [6, 6.07) is -0.813. The van der Waals surface area contributed by atoms with E-state index in [0.717, 1.165) is 6.33 Å². The van der Waals surface area contributed by atoms with Crippen LogP contribution in [0, 0.1) is 5.92 Å². The van der Waals surface area contributed by atoms with Gasteiger partial charge in [0.05, 0.1) is 31.8 Å². The molecule has 6 heterocycles. The van der Waals surface area contributed by atoms with Crippen LogP contribution in [0.15, 0.2) is 25.3 Å². The van der Waals surface area contributed by atoms with Gasteiger partial charge in [-0.25, -0.2) is 34.5 Å². The Hall–Kier alpha value is -3.37. The number of aliphatic hydroxyl groups is 3. The van der Waals surface area contributed by atoms with Crippen LogP contribution < -0.4 is 11.5 Å². The molecule has 2 aliphatic heterocycles. The molecule has 3 aliphatic rings. The third kappa shape index (κ3) is 5.12. The number of rotatable bonds is 11. The minimum absolute atomic E-state index is 0.0503. The van der Waals surface area contributed by atoms with Crippen molar-refractivity contribution in [3.8, 4) is 0 Å². The summed E-state index contributed by atoms with van der Waals surface area (Å²) in [4.78, 5) is 44.4. The topological polar surface area (TPSA) is 321 Å². The second kappa shape index (κ2) is 11.4. The zero-order valence-electron chi connectivity index (χ0n) is 23.3. The summed E-state index contributed by atoms with van der Waals surface area (Å²) in [5.74, 6) is -2.57. The summed E-state index contributed by atoms with van der Waals surface area (Å²) < 4.78 is 55.1. The molecular weight excluding hydrogens is 658 g/mol. The van der Waals surface area contributed by atoms with E-state index in [1.54, 1.807) is 0 Å². The lowest BCUT2D eigenvalue weighted by Crippen LogP contribution is -2.37. The first-order valence-corrected chi connectivity index (χ1v) is 16.4. The van der Waals surface area contributed by atoms with E-state index in [0.29, 0.717) is 5.65 Å². The largest absolute Gasteiger partial charge is 0.534 e. The lowest BCUT2D eigenvalue weighted by atomic mass is 10.1. The van der Waals surface area contributed by atoms with Crippen molar-refractivity contribution in [2.24, 2.45) is 5.92 Å². The number of hydrogen-bond donors (Lipinski definition) is 7. The molecule has 0 bridgehead atoms.